The Morgan fingerprint density at radius 3 is 2.24 bits per heavy atom. The van der Waals surface area contributed by atoms with Crippen molar-refractivity contribution in [3.63, 3.8) is 0 Å². The maximum Gasteiger partial charge on any atom is 0.270 e. The third-order valence-corrected chi connectivity index (χ3v) is 5.07. The van der Waals surface area contributed by atoms with Crippen LogP contribution in [0.2, 0.25) is 5.02 Å². The summed E-state index contributed by atoms with van der Waals surface area (Å²) < 4.78 is 1.66. The van der Waals surface area contributed by atoms with Crippen LogP contribution in [0.1, 0.15) is 29.0 Å². The number of hydrogen-bond donors (Lipinski definition) is 1. The summed E-state index contributed by atoms with van der Waals surface area (Å²) in [6, 6.07) is 28.6. The van der Waals surface area contributed by atoms with Crippen LogP contribution in [-0.4, -0.2) is 15.7 Å². The molecule has 1 aromatic heterocycles. The lowest BCUT2D eigenvalue weighted by atomic mass is 10.1. The molecule has 1 heterocycles. The van der Waals surface area contributed by atoms with Gasteiger partial charge < -0.3 is 5.32 Å². The van der Waals surface area contributed by atoms with Crippen molar-refractivity contribution in [2.24, 2.45) is 0 Å². The van der Waals surface area contributed by atoms with Crippen molar-refractivity contribution < 1.29 is 4.79 Å². The summed E-state index contributed by atoms with van der Waals surface area (Å²) in [6.07, 6.45) is 0. The number of para-hydroxylation sites is 1. The highest BCUT2D eigenvalue weighted by atomic mass is 35.5. The Labute approximate surface area is 174 Å². The normalized spacial score (nSPS) is 11.8. The first kappa shape index (κ1) is 19.0. The van der Waals surface area contributed by atoms with Gasteiger partial charge in [0.15, 0.2) is 0 Å². The van der Waals surface area contributed by atoms with E-state index in [0.29, 0.717) is 16.4 Å². The highest BCUT2D eigenvalue weighted by Crippen LogP contribution is 2.28. The topological polar surface area (TPSA) is 46.9 Å². The van der Waals surface area contributed by atoms with E-state index >= 15 is 0 Å². The van der Waals surface area contributed by atoms with E-state index in [1.165, 1.54) is 0 Å². The number of halogens is 1. The van der Waals surface area contributed by atoms with Crippen molar-refractivity contribution in [2.75, 3.05) is 0 Å². The number of amides is 1. The van der Waals surface area contributed by atoms with Crippen LogP contribution in [0.5, 0.6) is 0 Å². The van der Waals surface area contributed by atoms with E-state index in [2.05, 4.69) is 10.4 Å². The van der Waals surface area contributed by atoms with Gasteiger partial charge in [0.2, 0.25) is 0 Å². The van der Waals surface area contributed by atoms with Gasteiger partial charge in [0.05, 0.1) is 22.4 Å². The van der Waals surface area contributed by atoms with Crippen molar-refractivity contribution in [1.82, 2.24) is 15.1 Å². The number of benzene rings is 3. The molecule has 0 spiro atoms. The van der Waals surface area contributed by atoms with E-state index in [1.54, 1.807) is 10.7 Å². The summed E-state index contributed by atoms with van der Waals surface area (Å²) in [4.78, 5) is 13.1. The summed E-state index contributed by atoms with van der Waals surface area (Å²) in [5.74, 6) is -0.198. The van der Waals surface area contributed by atoms with Crippen molar-refractivity contribution in [3.8, 4) is 16.9 Å². The Kier molecular flexibility index (Phi) is 5.45. The van der Waals surface area contributed by atoms with E-state index < -0.39 is 0 Å². The van der Waals surface area contributed by atoms with Crippen LogP contribution in [0.3, 0.4) is 0 Å². The van der Waals surface area contributed by atoms with Gasteiger partial charge in [-0.05, 0) is 36.8 Å². The number of carbonyl (C=O) groups excluding carboxylic acids is 1. The first-order valence-corrected chi connectivity index (χ1v) is 9.77. The minimum absolute atomic E-state index is 0.133. The molecule has 0 bridgehead atoms. The first-order valence-electron chi connectivity index (χ1n) is 9.39. The van der Waals surface area contributed by atoms with Crippen LogP contribution in [0.25, 0.3) is 16.9 Å². The second-order valence-electron chi connectivity index (χ2n) is 6.75. The molecule has 1 N–H and O–H groups in total. The molecule has 3 aromatic carbocycles. The van der Waals surface area contributed by atoms with Crippen LogP contribution in [-0.2, 0) is 0 Å². The zero-order valence-corrected chi connectivity index (χ0v) is 16.7. The molecule has 4 aromatic rings. The molecule has 1 atom stereocenters. The number of nitrogens with zero attached hydrogens (tertiary/aromatic N) is 2. The van der Waals surface area contributed by atoms with Gasteiger partial charge in [0, 0.05) is 5.56 Å². The molecule has 0 aliphatic rings. The standard InChI is InChI=1S/C24H20ClN3O/c1-17(18-10-4-2-5-11-18)26-24(29)23-16-22(20-14-8-9-15-21(20)25)27-28(23)19-12-6-3-7-13-19/h2-17H,1H3,(H,26,29). The van der Waals surface area contributed by atoms with Crippen LogP contribution >= 0.6 is 11.6 Å². The lowest BCUT2D eigenvalue weighted by Gasteiger charge is -2.15. The molecular formula is C24H20ClN3O. The average Bonchev–Trinajstić information content (AvgIpc) is 3.21. The largest absolute Gasteiger partial charge is 0.344 e. The molecule has 29 heavy (non-hydrogen) atoms. The van der Waals surface area contributed by atoms with Crippen molar-refractivity contribution in [3.05, 3.63) is 107 Å². The van der Waals surface area contributed by atoms with Gasteiger partial charge in [-0.2, -0.15) is 5.10 Å². The molecule has 0 fully saturated rings. The fraction of sp³-hybridized carbons (Fsp3) is 0.0833. The van der Waals surface area contributed by atoms with Gasteiger partial charge in [0.1, 0.15) is 5.69 Å². The highest BCUT2D eigenvalue weighted by Gasteiger charge is 2.20. The smallest absolute Gasteiger partial charge is 0.270 e. The SMILES string of the molecule is CC(NC(=O)c1cc(-c2ccccc2Cl)nn1-c1ccccc1)c1ccccc1. The molecule has 5 heteroatoms. The molecule has 4 nitrogen and oxygen atoms in total. The van der Waals surface area contributed by atoms with Crippen LogP contribution < -0.4 is 5.32 Å². The molecule has 0 aliphatic carbocycles. The van der Waals surface area contributed by atoms with Gasteiger partial charge in [-0.1, -0.05) is 78.3 Å². The molecule has 0 saturated heterocycles. The van der Waals surface area contributed by atoms with E-state index in [1.807, 2.05) is 91.9 Å². The minimum atomic E-state index is -0.198. The Hall–Kier alpha value is -3.37. The molecule has 0 aliphatic heterocycles. The van der Waals surface area contributed by atoms with Gasteiger partial charge in [-0.25, -0.2) is 4.68 Å². The molecule has 4 rings (SSSR count). The number of nitrogens with one attached hydrogen (secondary N) is 1. The second-order valence-corrected chi connectivity index (χ2v) is 7.16. The molecule has 0 radical (unpaired) electrons. The van der Waals surface area contributed by atoms with Gasteiger partial charge >= 0.3 is 0 Å². The fourth-order valence-electron chi connectivity index (χ4n) is 3.21. The van der Waals surface area contributed by atoms with Crippen LogP contribution in [0, 0.1) is 0 Å². The van der Waals surface area contributed by atoms with Crippen molar-refractivity contribution in [2.45, 2.75) is 13.0 Å². The predicted octanol–water partition coefficient (Wildman–Crippen LogP) is 5.68. The van der Waals surface area contributed by atoms with E-state index in [-0.39, 0.29) is 11.9 Å². The van der Waals surface area contributed by atoms with Crippen LogP contribution in [0.4, 0.5) is 0 Å². The fourth-order valence-corrected chi connectivity index (χ4v) is 3.44. The Bertz CT molecular complexity index is 1120. The first-order chi connectivity index (χ1) is 14.1. The Morgan fingerprint density at radius 2 is 1.55 bits per heavy atom. The Balaban J connectivity index is 1.73. The van der Waals surface area contributed by atoms with Gasteiger partial charge in [0.25, 0.3) is 5.91 Å². The van der Waals surface area contributed by atoms with E-state index in [0.717, 1.165) is 16.8 Å². The molecule has 1 amide bonds. The third-order valence-electron chi connectivity index (χ3n) is 4.74. The summed E-state index contributed by atoms with van der Waals surface area (Å²) in [5, 5.41) is 8.35. The number of rotatable bonds is 5. The zero-order valence-electron chi connectivity index (χ0n) is 15.9. The van der Waals surface area contributed by atoms with Crippen LogP contribution in [0.15, 0.2) is 91.0 Å². The van der Waals surface area contributed by atoms with Crippen molar-refractivity contribution in [1.29, 1.82) is 0 Å². The second kappa shape index (κ2) is 8.33. The van der Waals surface area contributed by atoms with E-state index in [9.17, 15) is 4.79 Å². The summed E-state index contributed by atoms with van der Waals surface area (Å²) in [6.45, 7) is 1.96. The molecule has 0 saturated carbocycles. The molecule has 1 unspecified atom stereocenters. The van der Waals surface area contributed by atoms with Gasteiger partial charge in [-0.15, -0.1) is 0 Å². The third kappa shape index (κ3) is 4.08. The number of aromatic nitrogens is 2. The minimum Gasteiger partial charge on any atom is -0.344 e. The Morgan fingerprint density at radius 1 is 0.931 bits per heavy atom. The molecular weight excluding hydrogens is 382 g/mol. The summed E-state index contributed by atoms with van der Waals surface area (Å²) >= 11 is 6.36. The number of hydrogen-bond acceptors (Lipinski definition) is 2. The monoisotopic (exact) mass is 401 g/mol. The van der Waals surface area contributed by atoms with Crippen molar-refractivity contribution >= 4 is 17.5 Å². The average molecular weight is 402 g/mol. The molecule has 144 valence electrons. The van der Waals surface area contributed by atoms with E-state index in [4.69, 9.17) is 11.6 Å². The predicted molar refractivity (Wildman–Crippen MR) is 116 cm³/mol. The lowest BCUT2D eigenvalue weighted by Crippen LogP contribution is -2.28. The summed E-state index contributed by atoms with van der Waals surface area (Å²) in [5.41, 5.74) is 3.74. The van der Waals surface area contributed by atoms with Gasteiger partial charge in [-0.3, -0.25) is 4.79 Å². The maximum atomic E-state index is 13.1. The lowest BCUT2D eigenvalue weighted by molar-refractivity contribution is 0.0932. The summed E-state index contributed by atoms with van der Waals surface area (Å²) in [7, 11) is 0. The number of carbonyl (C=O) groups is 1. The maximum absolute atomic E-state index is 13.1. The zero-order chi connectivity index (χ0) is 20.2. The highest BCUT2D eigenvalue weighted by molar-refractivity contribution is 6.33. The quantitative estimate of drug-likeness (QED) is 0.467.